The second-order valence-electron chi connectivity index (χ2n) is 7.19. The molecule has 0 bridgehead atoms. The topological polar surface area (TPSA) is 113 Å². The van der Waals surface area contributed by atoms with Gasteiger partial charge in [-0.05, 0) is 25.1 Å². The number of β-amino-alcohol motifs (C(OH)–C–C–N with tert-alkyl or cyclic N) is 1. The molecule has 1 heterocycles. The number of nitro benzene ring substituents is 1. The van der Waals surface area contributed by atoms with E-state index >= 15 is 0 Å². The van der Waals surface area contributed by atoms with Gasteiger partial charge in [-0.1, -0.05) is 23.8 Å². The number of nitrogens with zero attached hydrogens (tertiary/aromatic N) is 3. The molecule has 2 aromatic rings. The van der Waals surface area contributed by atoms with Crippen LogP contribution in [0, 0.1) is 17.0 Å². The largest absolute Gasteiger partial charge is 0.390 e. The number of aryl methyl sites for hydroxylation is 1. The van der Waals surface area contributed by atoms with Gasteiger partial charge in [0.2, 0.25) is 0 Å². The van der Waals surface area contributed by atoms with Crippen molar-refractivity contribution < 1.29 is 23.2 Å². The van der Waals surface area contributed by atoms with E-state index in [9.17, 15) is 23.6 Å². The Bertz CT molecular complexity index is 974. The molecule has 2 aromatic carbocycles. The van der Waals surface area contributed by atoms with E-state index in [2.05, 4.69) is 0 Å². The van der Waals surface area contributed by atoms with Crippen molar-refractivity contribution in [3.8, 4) is 0 Å². The number of hydrogen-bond acceptors (Lipinski definition) is 7. The summed E-state index contributed by atoms with van der Waals surface area (Å²) in [4.78, 5) is 12.7. The number of sulfonamides is 1. The Hall–Kier alpha value is -2.53. The molecule has 10 heteroatoms. The van der Waals surface area contributed by atoms with Gasteiger partial charge in [-0.3, -0.25) is 19.3 Å². The zero-order chi connectivity index (χ0) is 21.7. The zero-order valence-corrected chi connectivity index (χ0v) is 17.5. The summed E-state index contributed by atoms with van der Waals surface area (Å²) < 4.78 is 33.1. The van der Waals surface area contributed by atoms with Crippen molar-refractivity contribution in [1.29, 1.82) is 0 Å². The van der Waals surface area contributed by atoms with Crippen molar-refractivity contribution in [3.63, 3.8) is 0 Å². The van der Waals surface area contributed by atoms with E-state index < -0.39 is 21.1 Å². The molecule has 0 amide bonds. The van der Waals surface area contributed by atoms with E-state index in [4.69, 9.17) is 4.74 Å². The van der Waals surface area contributed by atoms with Gasteiger partial charge in [0.25, 0.3) is 15.7 Å². The molecule has 3 rings (SSSR count). The molecule has 0 unspecified atom stereocenters. The molecule has 0 radical (unpaired) electrons. The van der Waals surface area contributed by atoms with Gasteiger partial charge in [-0.25, -0.2) is 8.42 Å². The molecule has 1 N–H and O–H groups in total. The van der Waals surface area contributed by atoms with E-state index in [0.717, 1.165) is 9.87 Å². The number of aliphatic hydroxyl groups excluding tert-OH is 1. The number of anilines is 1. The van der Waals surface area contributed by atoms with Crippen LogP contribution in [0.25, 0.3) is 0 Å². The normalized spacial score (nSPS) is 16.2. The molecule has 0 aromatic heterocycles. The van der Waals surface area contributed by atoms with Gasteiger partial charge in [0.05, 0.1) is 41.4 Å². The summed E-state index contributed by atoms with van der Waals surface area (Å²) >= 11 is 0. The number of aliphatic hydroxyl groups is 1. The second-order valence-corrected chi connectivity index (χ2v) is 9.06. The molecule has 1 aliphatic heterocycles. The summed E-state index contributed by atoms with van der Waals surface area (Å²) in [6.07, 6.45) is -0.984. The molecule has 0 spiro atoms. The van der Waals surface area contributed by atoms with Crippen molar-refractivity contribution in [3.05, 3.63) is 64.2 Å². The van der Waals surface area contributed by atoms with Crippen LogP contribution in [-0.2, 0) is 14.8 Å². The summed E-state index contributed by atoms with van der Waals surface area (Å²) in [7, 11) is -4.04. The fraction of sp³-hybridized carbons (Fsp3) is 0.400. The average Bonchev–Trinajstić information content (AvgIpc) is 2.73. The SMILES string of the molecule is Cc1ccc(S(=O)(=O)N(C[C@@H](O)CN2CCOCC2)c2cccc([N+](=O)[O-])c2)cc1. The Balaban J connectivity index is 1.92. The highest BCUT2D eigenvalue weighted by Crippen LogP contribution is 2.27. The number of hydrogen-bond donors (Lipinski definition) is 1. The van der Waals surface area contributed by atoms with Crippen molar-refractivity contribution >= 4 is 21.4 Å². The Labute approximate surface area is 175 Å². The van der Waals surface area contributed by atoms with Crippen LogP contribution in [0.1, 0.15) is 5.56 Å². The number of rotatable bonds is 8. The van der Waals surface area contributed by atoms with Gasteiger partial charge >= 0.3 is 0 Å². The molecule has 162 valence electrons. The van der Waals surface area contributed by atoms with Crippen LogP contribution in [0.3, 0.4) is 0 Å². The Kier molecular flexibility index (Phi) is 7.03. The second kappa shape index (κ2) is 9.52. The Morgan fingerprint density at radius 1 is 1.20 bits per heavy atom. The molecule has 0 aliphatic carbocycles. The molecule has 1 atom stereocenters. The summed E-state index contributed by atoms with van der Waals surface area (Å²) in [6.45, 7) is 4.32. The summed E-state index contributed by atoms with van der Waals surface area (Å²) in [5.41, 5.74) is 0.813. The minimum Gasteiger partial charge on any atom is -0.390 e. The van der Waals surface area contributed by atoms with Crippen LogP contribution in [0.15, 0.2) is 53.4 Å². The molecule has 1 aliphatic rings. The Morgan fingerprint density at radius 3 is 2.50 bits per heavy atom. The van der Waals surface area contributed by atoms with Crippen LogP contribution in [0.4, 0.5) is 11.4 Å². The summed E-state index contributed by atoms with van der Waals surface area (Å²) in [5, 5.41) is 21.8. The van der Waals surface area contributed by atoms with Crippen LogP contribution < -0.4 is 4.31 Å². The quantitative estimate of drug-likeness (QED) is 0.497. The lowest BCUT2D eigenvalue weighted by atomic mass is 10.2. The fourth-order valence-corrected chi connectivity index (χ4v) is 4.77. The Morgan fingerprint density at radius 2 is 1.87 bits per heavy atom. The minimum atomic E-state index is -4.04. The summed E-state index contributed by atoms with van der Waals surface area (Å²) in [6, 6.07) is 11.8. The van der Waals surface area contributed by atoms with Gasteiger partial charge in [-0.2, -0.15) is 0 Å². The average molecular weight is 436 g/mol. The first kappa shape index (κ1) is 22.2. The van der Waals surface area contributed by atoms with E-state index in [1.165, 1.54) is 36.4 Å². The molecule has 9 nitrogen and oxygen atoms in total. The molecule has 1 fully saturated rings. The van der Waals surface area contributed by atoms with Gasteiger partial charge in [0.15, 0.2) is 0 Å². The number of morpholine rings is 1. The summed E-state index contributed by atoms with van der Waals surface area (Å²) in [5.74, 6) is 0. The van der Waals surface area contributed by atoms with Crippen molar-refractivity contribution in [2.24, 2.45) is 0 Å². The first-order valence-corrected chi connectivity index (χ1v) is 11.0. The third kappa shape index (κ3) is 5.33. The lowest BCUT2D eigenvalue weighted by molar-refractivity contribution is -0.384. The smallest absolute Gasteiger partial charge is 0.271 e. The molecule has 1 saturated heterocycles. The maximum Gasteiger partial charge on any atom is 0.271 e. The third-order valence-corrected chi connectivity index (χ3v) is 6.69. The number of nitro groups is 1. The predicted molar refractivity (Wildman–Crippen MR) is 112 cm³/mol. The van der Waals surface area contributed by atoms with Crippen molar-refractivity contribution in [2.45, 2.75) is 17.9 Å². The third-order valence-electron chi connectivity index (χ3n) is 4.89. The van der Waals surface area contributed by atoms with Crippen molar-refractivity contribution in [2.75, 3.05) is 43.7 Å². The number of ether oxygens (including phenoxy) is 1. The van der Waals surface area contributed by atoms with Gasteiger partial charge in [-0.15, -0.1) is 0 Å². The molecular weight excluding hydrogens is 410 g/mol. The molecule has 30 heavy (non-hydrogen) atoms. The zero-order valence-electron chi connectivity index (χ0n) is 16.7. The minimum absolute atomic E-state index is 0.0539. The van der Waals surface area contributed by atoms with Crippen LogP contribution >= 0.6 is 0 Å². The maximum absolute atomic E-state index is 13.4. The lowest BCUT2D eigenvalue weighted by Crippen LogP contribution is -2.46. The lowest BCUT2D eigenvalue weighted by Gasteiger charge is -2.31. The monoisotopic (exact) mass is 435 g/mol. The van der Waals surface area contributed by atoms with Gasteiger partial charge in [0, 0.05) is 31.8 Å². The highest BCUT2D eigenvalue weighted by atomic mass is 32.2. The first-order valence-electron chi connectivity index (χ1n) is 9.59. The molecule has 0 saturated carbocycles. The first-order chi connectivity index (χ1) is 14.3. The highest BCUT2D eigenvalue weighted by molar-refractivity contribution is 7.92. The van der Waals surface area contributed by atoms with E-state index in [-0.39, 0.29) is 29.4 Å². The highest BCUT2D eigenvalue weighted by Gasteiger charge is 2.29. The van der Waals surface area contributed by atoms with E-state index in [1.54, 1.807) is 12.1 Å². The van der Waals surface area contributed by atoms with E-state index in [0.29, 0.717) is 26.3 Å². The van der Waals surface area contributed by atoms with Crippen LogP contribution in [0.2, 0.25) is 0 Å². The fourth-order valence-electron chi connectivity index (χ4n) is 3.27. The maximum atomic E-state index is 13.4. The van der Waals surface area contributed by atoms with Gasteiger partial charge < -0.3 is 9.84 Å². The van der Waals surface area contributed by atoms with E-state index in [1.807, 2.05) is 11.8 Å². The van der Waals surface area contributed by atoms with Crippen LogP contribution in [-0.4, -0.2) is 68.8 Å². The number of non-ortho nitro benzene ring substituents is 1. The standard InChI is InChI=1S/C20H25N3O6S/c1-16-5-7-20(8-6-16)30(27,28)22(17-3-2-4-18(13-17)23(25)26)15-19(24)14-21-9-11-29-12-10-21/h2-8,13,19,24H,9-12,14-15H2,1H3/t19-/m0/s1. The molecular formula is C20H25N3O6S. The predicted octanol–water partition coefficient (Wildman–Crippen LogP) is 1.79. The van der Waals surface area contributed by atoms with Gasteiger partial charge in [0.1, 0.15) is 0 Å². The number of benzene rings is 2. The van der Waals surface area contributed by atoms with Crippen molar-refractivity contribution in [1.82, 2.24) is 4.90 Å². The van der Waals surface area contributed by atoms with Crippen LogP contribution in [0.5, 0.6) is 0 Å².